The molecule has 0 rings (SSSR count). The van der Waals surface area contributed by atoms with Crippen LogP contribution >= 0.6 is 0 Å². The van der Waals surface area contributed by atoms with Crippen LogP contribution in [-0.2, 0) is 81.5 Å². The van der Waals surface area contributed by atoms with Gasteiger partial charge < -0.3 is 154 Å². The van der Waals surface area contributed by atoms with Crippen LogP contribution in [0.1, 0.15) is 215 Å². The number of carbonyl (C=O) groups excluding carboxylic acids is 16. The summed E-state index contributed by atoms with van der Waals surface area (Å²) in [6.07, 6.45) is -0.0404. The summed E-state index contributed by atoms with van der Waals surface area (Å²) >= 11 is 0. The molecule has 0 aromatic rings. The Morgan fingerprint density at radius 3 is 0.848 bits per heavy atom. The van der Waals surface area contributed by atoms with Crippen molar-refractivity contribution in [1.29, 1.82) is 0 Å². The first-order valence-corrected chi connectivity index (χ1v) is 42.6. The molecule has 15 atom stereocenters. The van der Waals surface area contributed by atoms with E-state index < -0.39 is 210 Å². The summed E-state index contributed by atoms with van der Waals surface area (Å²) in [6.45, 7) is 12.3. The molecule has 0 aromatic heterocycles. The molecule has 0 saturated heterocycles. The third-order valence-electron chi connectivity index (χ3n) is 19.7. The van der Waals surface area contributed by atoms with Gasteiger partial charge in [-0.05, 0) is 186 Å². The van der Waals surface area contributed by atoms with E-state index >= 15 is 0 Å². The molecule has 0 aliphatic rings. The summed E-state index contributed by atoms with van der Waals surface area (Å²) in [5.41, 5.74) is 79.0. The van der Waals surface area contributed by atoms with Crippen LogP contribution in [0.2, 0.25) is 0 Å². The SMILES string of the molecule is CC[C@H](C)[C@H](NC(=O)[C@@H](N)CCCCN)C(=O)N[C@@H](CCCN=C(N)N)C(=O)N[C@@H](CCCN=C(N)N)C(=O)N[C@@H](CC(C)C)C(=O)N[C@@H](CCCCN)C(=O)N[C@@H](CCC(N)=O)C(=O)N[C@@H](CCCCN)C(=O)N[C@@H](CC(N)=O)C(=O)N[C@@H](C)C(=O)N[C@@H](CCCN=C(N)N)C(=O)N[C@@H](CC(C)C)C(=O)N[C@@H](CCCCN)C(=O)N[C@@H](CCC(N)=O)C(=O)O. The lowest BCUT2D eigenvalue weighted by atomic mass is 9.96. The number of carbonyl (C=O) groups is 17. The maximum Gasteiger partial charge on any atom is 0.326 e. The lowest BCUT2D eigenvalue weighted by molar-refractivity contribution is -0.142. The van der Waals surface area contributed by atoms with Crippen LogP contribution in [0.5, 0.6) is 0 Å². The van der Waals surface area contributed by atoms with Gasteiger partial charge in [0.25, 0.3) is 0 Å². The largest absolute Gasteiger partial charge is 0.480 e. The Balaban J connectivity index is 7.48. The second-order valence-corrected chi connectivity index (χ2v) is 31.6. The molecule has 712 valence electrons. The van der Waals surface area contributed by atoms with Gasteiger partial charge in [0.05, 0.1) is 12.5 Å². The molecule has 0 aromatic carbocycles. The van der Waals surface area contributed by atoms with Gasteiger partial charge in [0.1, 0.15) is 78.5 Å². The van der Waals surface area contributed by atoms with E-state index in [1.807, 2.05) is 0 Å². The molecule has 48 heteroatoms. The summed E-state index contributed by atoms with van der Waals surface area (Å²) in [7, 11) is 0. The highest BCUT2D eigenvalue weighted by Crippen LogP contribution is 2.17. The van der Waals surface area contributed by atoms with E-state index in [1.165, 1.54) is 6.92 Å². The Kier molecular flexibility index (Phi) is 57.7. The van der Waals surface area contributed by atoms with E-state index in [2.05, 4.69) is 84.1 Å². The third kappa shape index (κ3) is 50.2. The summed E-state index contributed by atoms with van der Waals surface area (Å²) in [6, 6.07) is -20.7. The second kappa shape index (κ2) is 63.5. The number of guanidine groups is 3. The quantitative estimate of drug-likeness (QED) is 0.0153. The fourth-order valence-electron chi connectivity index (χ4n) is 12.5. The Morgan fingerprint density at radius 1 is 0.288 bits per heavy atom. The normalized spacial score (nSPS) is 14.7. The van der Waals surface area contributed by atoms with Gasteiger partial charge in [0.15, 0.2) is 17.9 Å². The number of nitrogens with zero attached hydrogens (tertiary/aromatic N) is 3. The molecule has 48 nitrogen and oxygen atoms in total. The monoisotopic (exact) mass is 1780 g/mol. The topological polar surface area (TPSA) is 868 Å². The van der Waals surface area contributed by atoms with Crippen molar-refractivity contribution in [1.82, 2.24) is 69.1 Å². The molecule has 0 bridgehead atoms. The zero-order valence-corrected chi connectivity index (χ0v) is 73.5. The Hall–Kier alpha value is -11.4. The highest BCUT2D eigenvalue weighted by molar-refractivity contribution is 6.01. The van der Waals surface area contributed by atoms with Crippen molar-refractivity contribution in [3.05, 3.63) is 0 Å². The van der Waals surface area contributed by atoms with Crippen LogP contribution in [0.3, 0.4) is 0 Å². The molecule has 0 aliphatic carbocycles. The third-order valence-corrected chi connectivity index (χ3v) is 19.7. The van der Waals surface area contributed by atoms with Crippen LogP contribution < -0.4 is 149 Å². The fourth-order valence-corrected chi connectivity index (χ4v) is 12.5. The highest BCUT2D eigenvalue weighted by atomic mass is 16.4. The smallest absolute Gasteiger partial charge is 0.326 e. The maximum atomic E-state index is 14.8. The molecular weight excluding hydrogens is 1630 g/mol. The van der Waals surface area contributed by atoms with Crippen LogP contribution in [0.25, 0.3) is 0 Å². The van der Waals surface area contributed by atoms with Crippen molar-refractivity contribution in [2.45, 2.75) is 300 Å². The van der Waals surface area contributed by atoms with Gasteiger partial charge in [-0.3, -0.25) is 91.7 Å². The first-order chi connectivity index (χ1) is 58.9. The van der Waals surface area contributed by atoms with E-state index in [9.17, 15) is 86.6 Å². The molecule has 16 amide bonds. The highest BCUT2D eigenvalue weighted by Gasteiger charge is 2.39. The molecule has 125 heavy (non-hydrogen) atoms. The molecule has 0 saturated carbocycles. The lowest BCUT2D eigenvalue weighted by Gasteiger charge is -2.29. The van der Waals surface area contributed by atoms with Crippen molar-refractivity contribution in [3.63, 3.8) is 0 Å². The summed E-state index contributed by atoms with van der Waals surface area (Å²) < 4.78 is 0. The van der Waals surface area contributed by atoms with Gasteiger partial charge in [0.2, 0.25) is 94.5 Å². The average Bonchev–Trinajstić information content (AvgIpc) is 0.840. The van der Waals surface area contributed by atoms with E-state index in [-0.39, 0.29) is 185 Å². The average molecular weight is 1780 g/mol. The van der Waals surface area contributed by atoms with Crippen LogP contribution in [0.4, 0.5) is 0 Å². The van der Waals surface area contributed by atoms with Gasteiger partial charge in [-0.25, -0.2) is 4.79 Å². The number of nitrogens with one attached hydrogen (secondary N) is 13. The molecule has 0 heterocycles. The number of carboxylic acid groups (broad SMARTS) is 1. The lowest BCUT2D eigenvalue weighted by Crippen LogP contribution is -2.61. The van der Waals surface area contributed by atoms with Crippen LogP contribution in [0.15, 0.2) is 15.0 Å². The van der Waals surface area contributed by atoms with E-state index in [1.54, 1.807) is 41.5 Å². The summed E-state index contributed by atoms with van der Waals surface area (Å²) in [5, 5.41) is 43.2. The van der Waals surface area contributed by atoms with E-state index in [0.29, 0.717) is 38.6 Å². The predicted molar refractivity (Wildman–Crippen MR) is 467 cm³/mol. The second-order valence-electron chi connectivity index (χ2n) is 31.6. The number of aliphatic imine (C=N–C) groups is 3. The van der Waals surface area contributed by atoms with Crippen molar-refractivity contribution in [2.24, 2.45) is 113 Å². The van der Waals surface area contributed by atoms with Crippen molar-refractivity contribution in [3.8, 4) is 0 Å². The number of hydrogen-bond donors (Lipinski definition) is 28. The molecule has 0 unspecified atom stereocenters. The first kappa shape index (κ1) is 114. The molecule has 0 radical (unpaired) electrons. The fraction of sp³-hybridized carbons (Fsp3) is 0.740. The molecule has 42 N–H and O–H groups in total. The number of hydrogen-bond acceptors (Lipinski definition) is 25. The maximum absolute atomic E-state index is 14.8. The van der Waals surface area contributed by atoms with Gasteiger partial charge in [-0.15, -0.1) is 0 Å². The van der Waals surface area contributed by atoms with Gasteiger partial charge in [-0.1, -0.05) is 54.4 Å². The Labute approximate surface area is 730 Å². The first-order valence-electron chi connectivity index (χ1n) is 42.6. The summed E-state index contributed by atoms with van der Waals surface area (Å²) in [5.74, 6) is -18.6. The Morgan fingerprint density at radius 2 is 0.552 bits per heavy atom. The van der Waals surface area contributed by atoms with Gasteiger partial charge in [-0.2, -0.15) is 0 Å². The number of amides is 16. The van der Waals surface area contributed by atoms with E-state index in [0.717, 1.165) is 0 Å². The van der Waals surface area contributed by atoms with Crippen molar-refractivity contribution in [2.75, 3.05) is 45.8 Å². The van der Waals surface area contributed by atoms with Gasteiger partial charge in [0, 0.05) is 32.5 Å². The molecule has 0 aliphatic heterocycles. The number of unbranched alkanes of at least 4 members (excludes halogenated alkanes) is 4. The minimum Gasteiger partial charge on any atom is -0.480 e. The van der Waals surface area contributed by atoms with Crippen molar-refractivity contribution >= 4 is 118 Å². The van der Waals surface area contributed by atoms with Crippen LogP contribution in [0, 0.1) is 17.8 Å². The summed E-state index contributed by atoms with van der Waals surface area (Å²) in [4.78, 5) is 247. The standard InChI is InChI=1S/C77H146N30O18/c1-8-43(6)60(107-62(112)45(82)20-9-13-31-78)73(123)102-51(26-19-37-94-77(90)91)64(114)98-50(25-18-36-93-76(88)89)68(118)105-55(39-42(4)5)71(121)99-46(21-10-14-32-79)63(113)101-52(27-29-57(83)108)69(119)97-48(23-12-16-34-81)66(116)106-56(40-59(85)110)70(120)95-44(7)61(111)96-49(24-17-35-92-75(86)87)67(117)104-54(38-41(2)3)72(122)100-47(22-11-15-33-80)65(115)103-53(74(124)125)28-30-58(84)109/h41-56,60H,8-40,78-82H2,1-7H3,(H2,83,108)(H2,84,109)(H2,85,110)(H,95,120)(H,96,111)(H,97,119)(H,98,114)(H,99,121)(H,100,122)(H,101,113)(H,102,123)(H,103,115)(H,104,117)(H,105,118)(H,106,116)(H,107,112)(H,124,125)(H4,86,87,92)(H4,88,89,93)(H4,90,91,94)/t43-,44-,45-,46-,47-,48-,49-,50-,51-,52-,53-,54-,55-,56-,60-/m0/s1. The van der Waals surface area contributed by atoms with E-state index in [4.69, 9.17) is 80.3 Å². The Bertz CT molecular complexity index is 3540. The number of nitrogens with two attached hydrogens (primary N) is 14. The van der Waals surface area contributed by atoms with Gasteiger partial charge >= 0.3 is 5.97 Å². The number of primary amides is 3. The molecular formula is C77H146N30O18. The zero-order chi connectivity index (χ0) is 95.0. The number of carboxylic acids is 1. The minimum atomic E-state index is -1.89. The zero-order valence-electron chi connectivity index (χ0n) is 73.5. The molecule has 0 fully saturated rings. The number of aliphatic carboxylic acids is 1. The van der Waals surface area contributed by atoms with Crippen LogP contribution in [-0.4, -0.2) is 254 Å². The molecule has 0 spiro atoms. The predicted octanol–water partition coefficient (Wildman–Crippen LogP) is -9.06. The minimum absolute atomic E-state index is 0.0123. The van der Waals surface area contributed by atoms with Crippen molar-refractivity contribution < 1.29 is 86.6 Å². The number of rotatable bonds is 69.